The third-order valence-electron chi connectivity index (χ3n) is 2.48. The molecule has 5 nitrogen and oxygen atoms in total. The van der Waals surface area contributed by atoms with Crippen molar-refractivity contribution in [2.24, 2.45) is 5.73 Å². The number of alkyl halides is 5. The van der Waals surface area contributed by atoms with Gasteiger partial charge in [0.2, 0.25) is 5.88 Å². The molecule has 0 radical (unpaired) electrons. The van der Waals surface area contributed by atoms with Gasteiger partial charge >= 0.3 is 12.3 Å². The molecule has 1 heterocycles. The predicted molar refractivity (Wildman–Crippen MR) is 64.1 cm³/mol. The molecular formula is C12H13F5N2O3. The highest BCUT2D eigenvalue weighted by Gasteiger charge is 2.33. The Morgan fingerprint density at radius 2 is 2.05 bits per heavy atom. The van der Waals surface area contributed by atoms with Gasteiger partial charge in [-0.3, -0.25) is 4.79 Å². The van der Waals surface area contributed by atoms with Crippen molar-refractivity contribution in [2.75, 3.05) is 6.61 Å². The van der Waals surface area contributed by atoms with Crippen molar-refractivity contribution in [1.82, 2.24) is 4.98 Å². The summed E-state index contributed by atoms with van der Waals surface area (Å²) in [5.41, 5.74) is 3.73. The smallest absolute Gasteiger partial charge is 0.466 e. The van der Waals surface area contributed by atoms with Gasteiger partial charge in [0.05, 0.1) is 18.7 Å². The summed E-state index contributed by atoms with van der Waals surface area (Å²) < 4.78 is 71.0. The SMILES string of the molecule is CCOC(=O)Cc1nc(OC(F)(F)F)cc(CN)c1C(F)F. The summed E-state index contributed by atoms with van der Waals surface area (Å²) in [6.07, 6.45) is -8.82. The molecule has 0 aliphatic carbocycles. The first-order chi connectivity index (χ1) is 10.2. The molecule has 0 saturated carbocycles. The molecule has 0 bridgehead atoms. The molecule has 0 aliphatic rings. The standard InChI is InChI=1S/C12H13F5N2O3/c1-2-21-9(20)4-7-10(11(13)14)6(5-18)3-8(19-7)22-12(15,16)17/h3,11H,2,4-5,18H2,1H3. The van der Waals surface area contributed by atoms with E-state index in [1.54, 1.807) is 0 Å². The van der Waals surface area contributed by atoms with Crippen molar-refractivity contribution in [2.45, 2.75) is 32.7 Å². The molecule has 0 amide bonds. The molecule has 10 heteroatoms. The lowest BCUT2D eigenvalue weighted by Crippen LogP contribution is -2.20. The van der Waals surface area contributed by atoms with Gasteiger partial charge in [-0.15, -0.1) is 13.2 Å². The fraction of sp³-hybridized carbons (Fsp3) is 0.500. The normalized spacial score (nSPS) is 11.6. The van der Waals surface area contributed by atoms with Crippen LogP contribution in [0.2, 0.25) is 0 Å². The first kappa shape index (κ1) is 18.1. The number of hydrogen-bond donors (Lipinski definition) is 1. The Kier molecular flexibility index (Phi) is 6.03. The third kappa shape index (κ3) is 5.10. The monoisotopic (exact) mass is 328 g/mol. The van der Waals surface area contributed by atoms with Crippen molar-refractivity contribution < 1.29 is 36.2 Å². The summed E-state index contributed by atoms with van der Waals surface area (Å²) in [5, 5.41) is 0. The Hall–Kier alpha value is -1.97. The van der Waals surface area contributed by atoms with Crippen LogP contribution in [0.1, 0.15) is 30.2 Å². The van der Waals surface area contributed by atoms with E-state index < -0.39 is 48.9 Å². The van der Waals surface area contributed by atoms with Gasteiger partial charge in [-0.05, 0) is 12.5 Å². The summed E-state index contributed by atoms with van der Waals surface area (Å²) in [5.74, 6) is -1.86. The zero-order valence-corrected chi connectivity index (χ0v) is 11.4. The lowest BCUT2D eigenvalue weighted by Gasteiger charge is -2.15. The molecule has 0 aromatic carbocycles. The second kappa shape index (κ2) is 7.34. The van der Waals surface area contributed by atoms with Gasteiger partial charge in [0, 0.05) is 18.2 Å². The molecule has 0 aliphatic heterocycles. The second-order valence-corrected chi connectivity index (χ2v) is 4.01. The van der Waals surface area contributed by atoms with Crippen LogP contribution >= 0.6 is 0 Å². The molecule has 0 atom stereocenters. The lowest BCUT2D eigenvalue weighted by molar-refractivity contribution is -0.276. The molecule has 1 rings (SSSR count). The van der Waals surface area contributed by atoms with E-state index >= 15 is 0 Å². The van der Waals surface area contributed by atoms with E-state index in [9.17, 15) is 26.7 Å². The number of aromatic nitrogens is 1. The quantitative estimate of drug-likeness (QED) is 0.641. The van der Waals surface area contributed by atoms with Gasteiger partial charge in [0.25, 0.3) is 6.43 Å². The molecule has 0 unspecified atom stereocenters. The topological polar surface area (TPSA) is 74.4 Å². The Bertz CT molecular complexity index is 534. The third-order valence-corrected chi connectivity index (χ3v) is 2.48. The van der Waals surface area contributed by atoms with E-state index in [0.29, 0.717) is 6.07 Å². The number of hydrogen-bond acceptors (Lipinski definition) is 5. The van der Waals surface area contributed by atoms with Crippen molar-refractivity contribution >= 4 is 5.97 Å². The van der Waals surface area contributed by atoms with Crippen LogP contribution in [0.4, 0.5) is 22.0 Å². The van der Waals surface area contributed by atoms with Crippen LogP contribution in [0.25, 0.3) is 0 Å². The maximum atomic E-state index is 13.1. The number of esters is 1. The van der Waals surface area contributed by atoms with Crippen LogP contribution in [-0.2, 0) is 22.5 Å². The molecule has 22 heavy (non-hydrogen) atoms. The zero-order chi connectivity index (χ0) is 16.9. The molecule has 0 fully saturated rings. The minimum absolute atomic E-state index is 0.00860. The van der Waals surface area contributed by atoms with Crippen LogP contribution < -0.4 is 10.5 Å². The first-order valence-corrected chi connectivity index (χ1v) is 6.10. The fourth-order valence-electron chi connectivity index (χ4n) is 1.73. The Morgan fingerprint density at radius 1 is 1.41 bits per heavy atom. The minimum atomic E-state index is -5.05. The number of nitrogens with two attached hydrogens (primary N) is 1. The number of carbonyl (C=O) groups is 1. The number of rotatable bonds is 6. The number of halogens is 5. The van der Waals surface area contributed by atoms with E-state index in [4.69, 9.17) is 5.73 Å². The van der Waals surface area contributed by atoms with Crippen molar-refractivity contribution in [3.8, 4) is 5.88 Å². The van der Waals surface area contributed by atoms with Crippen LogP contribution in [0.5, 0.6) is 5.88 Å². The van der Waals surface area contributed by atoms with Crippen LogP contribution in [0.3, 0.4) is 0 Å². The number of ether oxygens (including phenoxy) is 2. The van der Waals surface area contributed by atoms with Crippen LogP contribution in [0, 0.1) is 0 Å². The van der Waals surface area contributed by atoms with Gasteiger partial charge in [0.1, 0.15) is 0 Å². The average molecular weight is 328 g/mol. The molecule has 124 valence electrons. The summed E-state index contributed by atoms with van der Waals surface area (Å²) in [6.45, 7) is 1.02. The van der Waals surface area contributed by atoms with Gasteiger partial charge in [-0.25, -0.2) is 13.8 Å². The van der Waals surface area contributed by atoms with E-state index in [-0.39, 0.29) is 12.2 Å². The van der Waals surface area contributed by atoms with Gasteiger partial charge in [0.15, 0.2) is 0 Å². The maximum absolute atomic E-state index is 13.1. The maximum Gasteiger partial charge on any atom is 0.574 e. The van der Waals surface area contributed by atoms with Gasteiger partial charge < -0.3 is 15.2 Å². The molecule has 0 spiro atoms. The Morgan fingerprint density at radius 3 is 2.50 bits per heavy atom. The summed E-state index contributed by atoms with van der Waals surface area (Å²) in [7, 11) is 0. The summed E-state index contributed by atoms with van der Waals surface area (Å²) >= 11 is 0. The second-order valence-electron chi connectivity index (χ2n) is 4.01. The van der Waals surface area contributed by atoms with Gasteiger partial charge in [-0.1, -0.05) is 0 Å². The lowest BCUT2D eigenvalue weighted by atomic mass is 10.0. The highest BCUT2D eigenvalue weighted by atomic mass is 19.4. The largest absolute Gasteiger partial charge is 0.574 e. The van der Waals surface area contributed by atoms with Crippen LogP contribution in [-0.4, -0.2) is 23.9 Å². The molecular weight excluding hydrogens is 315 g/mol. The predicted octanol–water partition coefficient (Wildman–Crippen LogP) is 2.48. The number of carbonyl (C=O) groups excluding carboxylic acids is 1. The Labute approximate surface area is 122 Å². The summed E-state index contributed by atoms with van der Waals surface area (Å²) in [4.78, 5) is 14.7. The Balaban J connectivity index is 3.28. The first-order valence-electron chi connectivity index (χ1n) is 6.10. The van der Waals surface area contributed by atoms with E-state index in [1.165, 1.54) is 6.92 Å². The highest BCUT2D eigenvalue weighted by Crippen LogP contribution is 2.31. The molecule has 1 aromatic heterocycles. The van der Waals surface area contributed by atoms with Gasteiger partial charge in [-0.2, -0.15) is 0 Å². The van der Waals surface area contributed by atoms with Crippen molar-refractivity contribution in [3.63, 3.8) is 0 Å². The number of nitrogens with zero attached hydrogens (tertiary/aromatic N) is 1. The van der Waals surface area contributed by atoms with Crippen LogP contribution in [0.15, 0.2) is 6.07 Å². The van der Waals surface area contributed by atoms with E-state index in [1.807, 2.05) is 0 Å². The summed E-state index contributed by atoms with van der Waals surface area (Å²) in [6, 6.07) is 0.670. The van der Waals surface area contributed by atoms with E-state index in [0.717, 1.165) is 0 Å². The molecule has 2 N–H and O–H groups in total. The minimum Gasteiger partial charge on any atom is -0.466 e. The molecule has 0 saturated heterocycles. The molecule has 1 aromatic rings. The number of pyridine rings is 1. The fourth-order valence-corrected chi connectivity index (χ4v) is 1.73. The van der Waals surface area contributed by atoms with E-state index in [2.05, 4.69) is 14.5 Å². The average Bonchev–Trinajstić information content (AvgIpc) is 2.35. The zero-order valence-electron chi connectivity index (χ0n) is 11.4. The van der Waals surface area contributed by atoms with Crippen molar-refractivity contribution in [1.29, 1.82) is 0 Å². The van der Waals surface area contributed by atoms with Crippen molar-refractivity contribution in [3.05, 3.63) is 22.9 Å². The highest BCUT2D eigenvalue weighted by molar-refractivity contribution is 5.72.